The van der Waals surface area contributed by atoms with Crippen LogP contribution in [0.4, 0.5) is 0 Å². The molecule has 0 saturated heterocycles. The molecule has 0 heterocycles. The van der Waals surface area contributed by atoms with Gasteiger partial charge in [-0.05, 0) is 24.3 Å². The molecule has 0 unspecified atom stereocenters. The molecule has 0 amide bonds. The Morgan fingerprint density at radius 3 is 1.16 bits per heavy atom. The number of carbonyl (C=O) groups is 2. The van der Waals surface area contributed by atoms with E-state index in [1.54, 1.807) is 0 Å². The van der Waals surface area contributed by atoms with Crippen molar-refractivity contribution in [3.8, 4) is 0 Å². The number of hydrogen-bond acceptors (Lipinski definition) is 6. The molecule has 25 heavy (non-hydrogen) atoms. The zero-order valence-corrected chi connectivity index (χ0v) is 13.0. The molecule has 0 spiro atoms. The Hall–Kier alpha value is -1.54. The number of carboxylic acid groups (broad SMARTS) is 2. The topological polar surface area (TPSA) is 183 Å². The summed E-state index contributed by atoms with van der Waals surface area (Å²) in [5.74, 6) is -3.27. The molecule has 0 fully saturated rings. The van der Waals surface area contributed by atoms with E-state index in [1.807, 2.05) is 0 Å². The van der Waals surface area contributed by atoms with Gasteiger partial charge in [0, 0.05) is 10.8 Å². The molecular weight excluding hydrogens is 391 g/mol. The summed E-state index contributed by atoms with van der Waals surface area (Å²) in [6, 6.07) is 2.56. The van der Waals surface area contributed by atoms with Crippen LogP contribution in [0.3, 0.4) is 0 Å². The number of aromatic carboxylic acids is 2. The van der Waals surface area contributed by atoms with Gasteiger partial charge in [-0.15, -0.1) is 0 Å². The Labute approximate surface area is 162 Å². The molecule has 0 aromatic heterocycles. The third-order valence-corrected chi connectivity index (χ3v) is 4.83. The maximum absolute atomic E-state index is 11.5. The van der Waals surface area contributed by atoms with Crippen molar-refractivity contribution < 1.29 is 45.7 Å². The maximum atomic E-state index is 11.5. The van der Waals surface area contributed by atoms with Crippen LogP contribution in [0.5, 0.6) is 0 Å². The molecule has 0 saturated carbocycles. The molecule has 2 rings (SSSR count). The fourth-order valence-corrected chi connectivity index (χ4v) is 3.51. The molecular formula is C12H9NaO10S2. The van der Waals surface area contributed by atoms with Gasteiger partial charge in [-0.1, -0.05) is 0 Å². The van der Waals surface area contributed by atoms with E-state index in [-0.39, 0.29) is 29.6 Å². The Kier molecular flexibility index (Phi) is 6.01. The first-order chi connectivity index (χ1) is 10.8. The minimum atomic E-state index is -5.02. The van der Waals surface area contributed by atoms with Crippen molar-refractivity contribution in [1.82, 2.24) is 0 Å². The average molecular weight is 400 g/mol. The van der Waals surface area contributed by atoms with Gasteiger partial charge in [-0.3, -0.25) is 9.11 Å². The van der Waals surface area contributed by atoms with Crippen LogP contribution in [-0.2, 0) is 20.2 Å². The molecule has 130 valence electrons. The van der Waals surface area contributed by atoms with E-state index in [4.69, 9.17) is 10.2 Å². The van der Waals surface area contributed by atoms with Crippen molar-refractivity contribution in [3.05, 3.63) is 35.4 Å². The Morgan fingerprint density at radius 1 is 0.680 bits per heavy atom. The molecule has 0 radical (unpaired) electrons. The number of benzene rings is 2. The summed E-state index contributed by atoms with van der Waals surface area (Å²) in [6.45, 7) is 0. The van der Waals surface area contributed by atoms with E-state index in [0.717, 1.165) is 12.1 Å². The normalized spacial score (nSPS) is 11.8. The van der Waals surface area contributed by atoms with Crippen molar-refractivity contribution in [2.75, 3.05) is 0 Å². The quantitative estimate of drug-likeness (QED) is 0.405. The predicted molar refractivity (Wildman–Crippen MR) is 84.6 cm³/mol. The summed E-state index contributed by atoms with van der Waals surface area (Å²) in [5, 5.41) is 16.8. The van der Waals surface area contributed by atoms with E-state index < -0.39 is 63.9 Å². The molecule has 0 aliphatic carbocycles. The van der Waals surface area contributed by atoms with E-state index in [2.05, 4.69) is 0 Å². The van der Waals surface area contributed by atoms with E-state index >= 15 is 0 Å². The molecule has 2 aromatic carbocycles. The Morgan fingerprint density at radius 2 is 0.960 bits per heavy atom. The van der Waals surface area contributed by atoms with Crippen molar-refractivity contribution in [3.63, 3.8) is 0 Å². The number of fused-ring (bicyclic) bond motifs is 1. The first-order valence-electron chi connectivity index (χ1n) is 5.85. The molecule has 0 bridgehead atoms. The second-order valence-electron chi connectivity index (χ2n) is 4.60. The standard InChI is InChI=1S/C12H8O10S2.Na.H/c13-11(14)5-1-7-8(10(3-5)24(20,21)22)2-6(12(15)16)4-9(7)23(17,18)19;;/h1-4H,(H,13,14)(H,15,16)(H,17,18,19)(H,20,21,22);;. The Bertz CT molecular complexity index is 1010. The van der Waals surface area contributed by atoms with Gasteiger partial charge in [0.2, 0.25) is 0 Å². The molecule has 0 aliphatic rings. The summed E-state index contributed by atoms with van der Waals surface area (Å²) in [5.41, 5.74) is -1.38. The van der Waals surface area contributed by atoms with Gasteiger partial charge in [0.1, 0.15) is 9.79 Å². The van der Waals surface area contributed by atoms with Crippen LogP contribution in [0.2, 0.25) is 0 Å². The van der Waals surface area contributed by atoms with Gasteiger partial charge in [-0.25, -0.2) is 9.59 Å². The van der Waals surface area contributed by atoms with Crippen molar-refractivity contribution >= 4 is 72.5 Å². The van der Waals surface area contributed by atoms with Gasteiger partial charge in [0.25, 0.3) is 20.2 Å². The zero-order chi connectivity index (χ0) is 18.4. The second kappa shape index (κ2) is 6.99. The Balaban J connectivity index is 0.00000312. The van der Waals surface area contributed by atoms with Crippen molar-refractivity contribution in [2.24, 2.45) is 0 Å². The zero-order valence-electron chi connectivity index (χ0n) is 11.4. The van der Waals surface area contributed by atoms with Crippen LogP contribution in [0, 0.1) is 0 Å². The second-order valence-corrected chi connectivity index (χ2v) is 7.38. The minimum absolute atomic E-state index is 0. The van der Waals surface area contributed by atoms with Gasteiger partial charge >= 0.3 is 41.5 Å². The number of hydrogen-bond donors (Lipinski definition) is 4. The first-order valence-corrected chi connectivity index (χ1v) is 8.74. The van der Waals surface area contributed by atoms with Crippen LogP contribution in [0.15, 0.2) is 34.1 Å². The fourth-order valence-electron chi connectivity index (χ4n) is 2.07. The average Bonchev–Trinajstić information content (AvgIpc) is 2.42. The molecule has 0 atom stereocenters. The molecule has 10 nitrogen and oxygen atoms in total. The fraction of sp³-hybridized carbons (Fsp3) is 0. The summed E-state index contributed by atoms with van der Waals surface area (Å²) in [7, 11) is -10.0. The predicted octanol–water partition coefficient (Wildman–Crippen LogP) is 0.0811. The van der Waals surface area contributed by atoms with Gasteiger partial charge in [0.15, 0.2) is 0 Å². The van der Waals surface area contributed by atoms with Crippen LogP contribution < -0.4 is 0 Å². The summed E-state index contributed by atoms with van der Waals surface area (Å²) in [4.78, 5) is 20.1. The molecule has 2 aromatic rings. The molecule has 0 aliphatic heterocycles. The SMILES string of the molecule is O=C(O)c1cc(S(=O)(=O)O)c2cc(C(=O)O)cc(S(=O)(=O)O)c2c1.[NaH]. The summed E-state index contributed by atoms with van der Waals surface area (Å²) in [6.07, 6.45) is 0. The number of carboxylic acids is 2. The van der Waals surface area contributed by atoms with Crippen LogP contribution in [-0.4, -0.2) is 77.7 Å². The monoisotopic (exact) mass is 400 g/mol. The van der Waals surface area contributed by atoms with E-state index in [9.17, 15) is 35.5 Å². The van der Waals surface area contributed by atoms with Crippen LogP contribution >= 0.6 is 0 Å². The van der Waals surface area contributed by atoms with Crippen LogP contribution in [0.1, 0.15) is 20.7 Å². The molecule has 13 heteroatoms. The molecule has 4 N–H and O–H groups in total. The summed E-state index contributed by atoms with van der Waals surface area (Å²) < 4.78 is 64.3. The van der Waals surface area contributed by atoms with Crippen molar-refractivity contribution in [2.45, 2.75) is 9.79 Å². The van der Waals surface area contributed by atoms with Gasteiger partial charge in [-0.2, -0.15) is 16.8 Å². The first kappa shape index (κ1) is 21.5. The third kappa shape index (κ3) is 4.36. The summed E-state index contributed by atoms with van der Waals surface area (Å²) >= 11 is 0. The third-order valence-electron chi connectivity index (χ3n) is 3.04. The van der Waals surface area contributed by atoms with E-state index in [1.165, 1.54) is 0 Å². The van der Waals surface area contributed by atoms with Crippen molar-refractivity contribution in [1.29, 1.82) is 0 Å². The van der Waals surface area contributed by atoms with Crippen LogP contribution in [0.25, 0.3) is 10.8 Å². The number of rotatable bonds is 4. The van der Waals surface area contributed by atoms with Gasteiger partial charge in [0.05, 0.1) is 11.1 Å². The van der Waals surface area contributed by atoms with Gasteiger partial charge < -0.3 is 10.2 Å². The van der Waals surface area contributed by atoms with E-state index in [0.29, 0.717) is 12.1 Å².